The second-order valence-corrected chi connectivity index (χ2v) is 5.63. The average molecular weight is 262 g/mol. The molecule has 1 aromatic rings. The first kappa shape index (κ1) is 16.2. The van der Waals surface area contributed by atoms with E-state index in [1.165, 1.54) is 29.5 Å². The van der Waals surface area contributed by atoms with Crippen LogP contribution in [0.25, 0.3) is 0 Å². The summed E-state index contributed by atoms with van der Waals surface area (Å²) in [7, 11) is 2.22. The molecule has 2 heteroatoms. The van der Waals surface area contributed by atoms with E-state index in [9.17, 15) is 0 Å². The highest BCUT2D eigenvalue weighted by molar-refractivity contribution is 5.33. The Bertz CT molecular complexity index is 374. The second-order valence-electron chi connectivity index (χ2n) is 5.63. The molecule has 0 fully saturated rings. The van der Waals surface area contributed by atoms with Gasteiger partial charge in [-0.3, -0.25) is 0 Å². The van der Waals surface area contributed by atoms with Crippen molar-refractivity contribution >= 4 is 0 Å². The minimum atomic E-state index is 0.441. The van der Waals surface area contributed by atoms with Crippen molar-refractivity contribution in [1.29, 1.82) is 0 Å². The molecule has 0 aliphatic carbocycles. The lowest BCUT2D eigenvalue weighted by molar-refractivity contribution is 0.290. The van der Waals surface area contributed by atoms with Crippen molar-refractivity contribution in [3.63, 3.8) is 0 Å². The first-order valence-electron chi connectivity index (χ1n) is 7.57. The van der Waals surface area contributed by atoms with Crippen molar-refractivity contribution in [2.45, 2.75) is 46.6 Å². The van der Waals surface area contributed by atoms with E-state index in [-0.39, 0.29) is 0 Å². The number of benzene rings is 1. The normalized spacial score (nSPS) is 12.9. The Morgan fingerprint density at radius 3 is 2.53 bits per heavy atom. The maximum absolute atomic E-state index is 3.70. The molecule has 1 N–H and O–H groups in total. The molecule has 1 unspecified atom stereocenters. The molecule has 0 radical (unpaired) electrons. The van der Waals surface area contributed by atoms with Gasteiger partial charge < -0.3 is 10.2 Å². The van der Waals surface area contributed by atoms with E-state index in [0.717, 1.165) is 19.6 Å². The van der Waals surface area contributed by atoms with Crippen molar-refractivity contribution in [1.82, 2.24) is 10.2 Å². The molecule has 19 heavy (non-hydrogen) atoms. The standard InChI is InChI=1S/C17H30N2/c1-6-10-18-17(13-19(5)11-7-2)16-12-14(3)8-9-15(16)4/h8-9,12,17-18H,6-7,10-11,13H2,1-5H3. The van der Waals surface area contributed by atoms with E-state index < -0.39 is 0 Å². The third-order valence-electron chi connectivity index (χ3n) is 3.55. The Labute approximate surface area is 119 Å². The number of hydrogen-bond donors (Lipinski definition) is 1. The van der Waals surface area contributed by atoms with Crippen LogP contribution >= 0.6 is 0 Å². The molecule has 0 spiro atoms. The molecule has 108 valence electrons. The van der Waals surface area contributed by atoms with Crippen LogP contribution in [0.3, 0.4) is 0 Å². The molecular formula is C17H30N2. The molecule has 0 aromatic heterocycles. The second kappa shape index (κ2) is 8.34. The molecule has 0 aliphatic heterocycles. The Morgan fingerprint density at radius 2 is 1.89 bits per heavy atom. The summed E-state index contributed by atoms with van der Waals surface area (Å²) in [5.41, 5.74) is 4.20. The fourth-order valence-corrected chi connectivity index (χ4v) is 2.51. The van der Waals surface area contributed by atoms with Crippen LogP contribution in [-0.2, 0) is 0 Å². The molecule has 0 saturated carbocycles. The maximum atomic E-state index is 3.70. The first-order valence-corrected chi connectivity index (χ1v) is 7.57. The van der Waals surface area contributed by atoms with Crippen LogP contribution in [0.5, 0.6) is 0 Å². The molecule has 0 amide bonds. The lowest BCUT2D eigenvalue weighted by Crippen LogP contribution is -2.34. The van der Waals surface area contributed by atoms with Gasteiger partial charge in [0.05, 0.1) is 0 Å². The Kier molecular flexibility index (Phi) is 7.11. The summed E-state index contributed by atoms with van der Waals surface area (Å²) in [6, 6.07) is 7.22. The average Bonchev–Trinajstić information content (AvgIpc) is 2.38. The highest BCUT2D eigenvalue weighted by atomic mass is 15.1. The Morgan fingerprint density at radius 1 is 1.16 bits per heavy atom. The Balaban J connectivity index is 2.85. The quantitative estimate of drug-likeness (QED) is 0.768. The largest absolute Gasteiger partial charge is 0.309 e. The summed E-state index contributed by atoms with van der Waals surface area (Å²) in [4.78, 5) is 2.43. The zero-order valence-corrected chi connectivity index (χ0v) is 13.3. The maximum Gasteiger partial charge on any atom is 0.0451 e. The molecule has 1 rings (SSSR count). The monoisotopic (exact) mass is 262 g/mol. The van der Waals surface area contributed by atoms with Crippen molar-refractivity contribution in [3.05, 3.63) is 34.9 Å². The number of nitrogens with one attached hydrogen (secondary N) is 1. The van der Waals surface area contributed by atoms with Gasteiger partial charge in [-0.15, -0.1) is 0 Å². The zero-order chi connectivity index (χ0) is 14.3. The summed E-state index contributed by atoms with van der Waals surface area (Å²) < 4.78 is 0. The van der Waals surface area contributed by atoms with Crippen LogP contribution < -0.4 is 5.32 Å². The fourth-order valence-electron chi connectivity index (χ4n) is 2.51. The fraction of sp³-hybridized carbons (Fsp3) is 0.647. The van der Waals surface area contributed by atoms with Crippen molar-refractivity contribution in [3.8, 4) is 0 Å². The summed E-state index contributed by atoms with van der Waals surface area (Å²) in [6.45, 7) is 12.2. The third kappa shape index (κ3) is 5.33. The van der Waals surface area contributed by atoms with E-state index in [0.29, 0.717) is 6.04 Å². The highest BCUT2D eigenvalue weighted by Crippen LogP contribution is 2.20. The molecule has 2 nitrogen and oxygen atoms in total. The van der Waals surface area contributed by atoms with Crippen LogP contribution in [0.4, 0.5) is 0 Å². The first-order chi connectivity index (χ1) is 9.08. The van der Waals surface area contributed by atoms with Gasteiger partial charge in [0.1, 0.15) is 0 Å². The van der Waals surface area contributed by atoms with Gasteiger partial charge in [-0.25, -0.2) is 0 Å². The van der Waals surface area contributed by atoms with Crippen LogP contribution in [0.15, 0.2) is 18.2 Å². The smallest absolute Gasteiger partial charge is 0.0451 e. The number of hydrogen-bond acceptors (Lipinski definition) is 2. The topological polar surface area (TPSA) is 15.3 Å². The van der Waals surface area contributed by atoms with Crippen LogP contribution in [0, 0.1) is 13.8 Å². The molecule has 0 saturated heterocycles. The predicted octanol–water partition coefficient (Wildman–Crippen LogP) is 3.69. The van der Waals surface area contributed by atoms with Crippen molar-refractivity contribution in [2.24, 2.45) is 0 Å². The van der Waals surface area contributed by atoms with Crippen molar-refractivity contribution in [2.75, 3.05) is 26.7 Å². The van der Waals surface area contributed by atoms with E-state index in [2.05, 4.69) is 63.2 Å². The van der Waals surface area contributed by atoms with Gasteiger partial charge in [-0.05, 0) is 58.0 Å². The summed E-state index contributed by atoms with van der Waals surface area (Å²) in [6.07, 6.45) is 2.39. The summed E-state index contributed by atoms with van der Waals surface area (Å²) in [5, 5.41) is 3.70. The molecule has 0 heterocycles. The van der Waals surface area contributed by atoms with Gasteiger partial charge in [-0.1, -0.05) is 37.6 Å². The highest BCUT2D eigenvalue weighted by Gasteiger charge is 2.15. The number of aryl methyl sites for hydroxylation is 2. The van der Waals surface area contributed by atoms with Crippen LogP contribution in [0.2, 0.25) is 0 Å². The molecule has 0 aliphatic rings. The van der Waals surface area contributed by atoms with E-state index in [1.54, 1.807) is 0 Å². The van der Waals surface area contributed by atoms with E-state index in [1.807, 2.05) is 0 Å². The zero-order valence-electron chi connectivity index (χ0n) is 13.3. The molecule has 1 atom stereocenters. The number of nitrogens with zero attached hydrogens (tertiary/aromatic N) is 1. The SMILES string of the molecule is CCCNC(CN(C)CCC)c1cc(C)ccc1C. The Hall–Kier alpha value is -0.860. The third-order valence-corrected chi connectivity index (χ3v) is 3.55. The lowest BCUT2D eigenvalue weighted by Gasteiger charge is -2.26. The number of rotatable bonds is 8. The summed E-state index contributed by atoms with van der Waals surface area (Å²) >= 11 is 0. The molecule has 1 aromatic carbocycles. The van der Waals surface area contributed by atoms with Crippen molar-refractivity contribution < 1.29 is 0 Å². The van der Waals surface area contributed by atoms with E-state index in [4.69, 9.17) is 0 Å². The minimum absolute atomic E-state index is 0.441. The summed E-state index contributed by atoms with van der Waals surface area (Å²) in [5.74, 6) is 0. The van der Waals surface area contributed by atoms with Gasteiger partial charge >= 0.3 is 0 Å². The lowest BCUT2D eigenvalue weighted by atomic mass is 9.98. The predicted molar refractivity (Wildman–Crippen MR) is 84.7 cm³/mol. The van der Waals surface area contributed by atoms with Gasteiger partial charge in [0, 0.05) is 12.6 Å². The van der Waals surface area contributed by atoms with Gasteiger partial charge in [0.25, 0.3) is 0 Å². The minimum Gasteiger partial charge on any atom is -0.309 e. The molecular weight excluding hydrogens is 232 g/mol. The van der Waals surface area contributed by atoms with Crippen LogP contribution in [0.1, 0.15) is 49.4 Å². The van der Waals surface area contributed by atoms with Crippen LogP contribution in [-0.4, -0.2) is 31.6 Å². The van der Waals surface area contributed by atoms with E-state index >= 15 is 0 Å². The number of likely N-dealkylation sites (N-methyl/N-ethyl adjacent to an activating group) is 1. The van der Waals surface area contributed by atoms with Gasteiger partial charge in [-0.2, -0.15) is 0 Å². The molecule has 0 bridgehead atoms. The van der Waals surface area contributed by atoms with Gasteiger partial charge in [0.15, 0.2) is 0 Å². The van der Waals surface area contributed by atoms with Gasteiger partial charge in [0.2, 0.25) is 0 Å².